The number of carbonyl (C=O) groups excluding carboxylic acids is 2. The fourth-order valence-electron chi connectivity index (χ4n) is 4.20. The minimum Gasteiger partial charge on any atom is -0.482 e. The molecule has 0 fully saturated rings. The maximum Gasteiger partial charge on any atom is 0.287 e. The van der Waals surface area contributed by atoms with Gasteiger partial charge in [0.25, 0.3) is 5.91 Å². The SMILES string of the molecule is Cc1c(C(=O)NCc2cccs2)oc2ccc3c(c12)C(=O)C[C@](C)(c1ccc(Cl)cc1)O3. The summed E-state index contributed by atoms with van der Waals surface area (Å²) in [5.41, 5.74) is 1.66. The van der Waals surface area contributed by atoms with Crippen molar-refractivity contribution in [1.29, 1.82) is 0 Å². The van der Waals surface area contributed by atoms with E-state index < -0.39 is 5.60 Å². The molecule has 1 atom stereocenters. The number of hydrogen-bond acceptors (Lipinski definition) is 5. The number of amides is 1. The molecule has 3 heterocycles. The molecular weight excluding hydrogens is 446 g/mol. The number of aryl methyl sites for hydroxylation is 1. The van der Waals surface area contributed by atoms with Crippen LogP contribution in [0, 0.1) is 6.92 Å². The molecule has 4 aromatic rings. The number of Topliss-reactive ketones (excluding diaryl/α,β-unsaturated/α-hetero) is 1. The Labute approximate surface area is 194 Å². The van der Waals surface area contributed by atoms with Crippen LogP contribution < -0.4 is 10.1 Å². The fraction of sp³-hybridized carbons (Fsp3) is 0.200. The summed E-state index contributed by atoms with van der Waals surface area (Å²) in [5, 5.41) is 6.10. The van der Waals surface area contributed by atoms with Gasteiger partial charge >= 0.3 is 0 Å². The zero-order valence-electron chi connectivity index (χ0n) is 17.5. The lowest BCUT2D eigenvalue weighted by Crippen LogP contribution is -2.36. The van der Waals surface area contributed by atoms with E-state index in [0.717, 1.165) is 10.4 Å². The average molecular weight is 466 g/mol. The summed E-state index contributed by atoms with van der Waals surface area (Å²) in [6, 6.07) is 14.7. The van der Waals surface area contributed by atoms with Gasteiger partial charge in [0, 0.05) is 20.8 Å². The Morgan fingerprint density at radius 2 is 1.97 bits per heavy atom. The lowest BCUT2D eigenvalue weighted by molar-refractivity contribution is 0.0507. The summed E-state index contributed by atoms with van der Waals surface area (Å²) >= 11 is 7.59. The average Bonchev–Trinajstić information content (AvgIpc) is 3.40. The van der Waals surface area contributed by atoms with Crippen LogP contribution in [0.2, 0.25) is 5.02 Å². The molecule has 32 heavy (non-hydrogen) atoms. The van der Waals surface area contributed by atoms with Crippen LogP contribution >= 0.6 is 22.9 Å². The van der Waals surface area contributed by atoms with Crippen LogP contribution in [0.15, 0.2) is 58.3 Å². The molecule has 1 aliphatic rings. The number of furan rings is 1. The Balaban J connectivity index is 1.51. The van der Waals surface area contributed by atoms with Gasteiger partial charge in [-0.05, 0) is 55.1 Å². The predicted octanol–water partition coefficient (Wildman–Crippen LogP) is 6.27. The Kier molecular flexibility index (Phi) is 5.07. The first kappa shape index (κ1) is 20.8. The lowest BCUT2D eigenvalue weighted by Gasteiger charge is -2.35. The van der Waals surface area contributed by atoms with Gasteiger partial charge in [-0.25, -0.2) is 0 Å². The highest BCUT2D eigenvalue weighted by Crippen LogP contribution is 2.44. The number of fused-ring (bicyclic) bond motifs is 3. The van der Waals surface area contributed by atoms with Crippen LogP contribution in [0.5, 0.6) is 5.75 Å². The minimum atomic E-state index is -0.805. The van der Waals surface area contributed by atoms with Gasteiger partial charge in [0.15, 0.2) is 11.5 Å². The van der Waals surface area contributed by atoms with E-state index in [2.05, 4.69) is 5.32 Å². The third-order valence-corrected chi connectivity index (χ3v) is 6.96. The van der Waals surface area contributed by atoms with Crippen LogP contribution in [0.25, 0.3) is 11.0 Å². The second kappa shape index (κ2) is 7.80. The van der Waals surface area contributed by atoms with Gasteiger partial charge in [-0.3, -0.25) is 9.59 Å². The van der Waals surface area contributed by atoms with E-state index in [1.54, 1.807) is 42.5 Å². The molecule has 0 bridgehead atoms. The quantitative estimate of drug-likeness (QED) is 0.386. The first-order valence-electron chi connectivity index (χ1n) is 10.2. The van der Waals surface area contributed by atoms with Crippen molar-refractivity contribution in [2.24, 2.45) is 0 Å². The largest absolute Gasteiger partial charge is 0.482 e. The molecule has 0 unspecified atom stereocenters. The molecule has 0 spiro atoms. The molecule has 162 valence electrons. The second-order valence-corrected chi connectivity index (χ2v) is 9.54. The van der Waals surface area contributed by atoms with Gasteiger partial charge in [0.2, 0.25) is 0 Å². The van der Waals surface area contributed by atoms with Crippen LogP contribution in [-0.2, 0) is 12.1 Å². The van der Waals surface area contributed by atoms with E-state index in [0.29, 0.717) is 39.4 Å². The molecule has 0 saturated heterocycles. The molecule has 5 rings (SSSR count). The van der Waals surface area contributed by atoms with Crippen molar-refractivity contribution in [3.05, 3.63) is 86.3 Å². The van der Waals surface area contributed by atoms with Gasteiger partial charge in [-0.15, -0.1) is 11.3 Å². The molecule has 2 aromatic carbocycles. The molecule has 1 amide bonds. The van der Waals surface area contributed by atoms with Crippen LogP contribution in [0.1, 0.15) is 50.3 Å². The molecule has 2 aromatic heterocycles. The first-order chi connectivity index (χ1) is 15.4. The highest BCUT2D eigenvalue weighted by atomic mass is 35.5. The van der Waals surface area contributed by atoms with Crippen molar-refractivity contribution in [2.45, 2.75) is 32.4 Å². The number of ketones is 1. The van der Waals surface area contributed by atoms with E-state index in [4.69, 9.17) is 20.8 Å². The van der Waals surface area contributed by atoms with Gasteiger partial charge in [0.1, 0.15) is 16.9 Å². The van der Waals surface area contributed by atoms with Crippen molar-refractivity contribution in [3.63, 3.8) is 0 Å². The molecule has 5 nitrogen and oxygen atoms in total. The third-order valence-electron chi connectivity index (χ3n) is 5.83. The molecule has 1 N–H and O–H groups in total. The molecule has 1 aliphatic heterocycles. The number of nitrogens with one attached hydrogen (secondary N) is 1. The maximum atomic E-state index is 13.3. The second-order valence-electron chi connectivity index (χ2n) is 8.07. The Morgan fingerprint density at radius 3 is 2.69 bits per heavy atom. The van der Waals surface area contributed by atoms with Gasteiger partial charge in [0.05, 0.1) is 18.5 Å². The summed E-state index contributed by atoms with van der Waals surface area (Å²) in [6.07, 6.45) is 0.172. The molecule has 0 radical (unpaired) electrons. The van der Waals surface area contributed by atoms with Crippen LogP contribution in [0.3, 0.4) is 0 Å². The molecular formula is C25H20ClNO4S. The molecule has 0 aliphatic carbocycles. The predicted molar refractivity (Wildman–Crippen MR) is 125 cm³/mol. The third kappa shape index (κ3) is 3.49. The van der Waals surface area contributed by atoms with E-state index >= 15 is 0 Å². The first-order valence-corrected chi connectivity index (χ1v) is 11.5. The van der Waals surface area contributed by atoms with Crippen molar-refractivity contribution < 1.29 is 18.7 Å². The summed E-state index contributed by atoms with van der Waals surface area (Å²) in [7, 11) is 0. The van der Waals surface area contributed by atoms with E-state index in [9.17, 15) is 9.59 Å². The number of carbonyl (C=O) groups is 2. The maximum absolute atomic E-state index is 13.3. The number of rotatable bonds is 4. The number of ether oxygens (including phenoxy) is 1. The fourth-order valence-corrected chi connectivity index (χ4v) is 4.97. The zero-order valence-corrected chi connectivity index (χ0v) is 19.1. The number of hydrogen-bond donors (Lipinski definition) is 1. The number of halogens is 1. The van der Waals surface area contributed by atoms with Crippen molar-refractivity contribution in [2.75, 3.05) is 0 Å². The minimum absolute atomic E-state index is 0.0521. The highest BCUT2D eigenvalue weighted by molar-refractivity contribution is 7.09. The highest BCUT2D eigenvalue weighted by Gasteiger charge is 2.40. The monoisotopic (exact) mass is 465 g/mol. The van der Waals surface area contributed by atoms with E-state index in [-0.39, 0.29) is 23.9 Å². The Bertz CT molecular complexity index is 1340. The smallest absolute Gasteiger partial charge is 0.287 e. The summed E-state index contributed by atoms with van der Waals surface area (Å²) in [6.45, 7) is 4.12. The normalized spacial score (nSPS) is 17.8. The topological polar surface area (TPSA) is 68.5 Å². The van der Waals surface area contributed by atoms with Crippen LogP contribution in [0.4, 0.5) is 0 Å². The summed E-state index contributed by atoms with van der Waals surface area (Å²) in [5.74, 6) is 0.337. The lowest BCUT2D eigenvalue weighted by atomic mass is 9.84. The Morgan fingerprint density at radius 1 is 1.19 bits per heavy atom. The van der Waals surface area contributed by atoms with Crippen LogP contribution in [-0.4, -0.2) is 11.7 Å². The van der Waals surface area contributed by atoms with Gasteiger partial charge in [-0.2, -0.15) is 0 Å². The molecule has 7 heteroatoms. The van der Waals surface area contributed by atoms with Gasteiger partial charge < -0.3 is 14.5 Å². The van der Waals surface area contributed by atoms with E-state index in [1.807, 2.05) is 36.6 Å². The van der Waals surface area contributed by atoms with Crippen molar-refractivity contribution in [1.82, 2.24) is 5.32 Å². The summed E-state index contributed by atoms with van der Waals surface area (Å²) in [4.78, 5) is 27.1. The standard InChI is InChI=1S/C25H20ClNO4S/c1-14-21-19(30-23(14)24(29)27-13-17-4-3-11-32-17)9-10-20-22(21)18(28)12-25(2,31-20)15-5-7-16(26)8-6-15/h3-11H,12-13H2,1-2H3,(H,27,29)/t25-/m1/s1. The number of benzene rings is 2. The Hall–Kier alpha value is -3.09. The van der Waals surface area contributed by atoms with Crippen molar-refractivity contribution in [3.8, 4) is 5.75 Å². The molecule has 0 saturated carbocycles. The van der Waals surface area contributed by atoms with Gasteiger partial charge in [-0.1, -0.05) is 29.8 Å². The van der Waals surface area contributed by atoms with Crippen molar-refractivity contribution >= 4 is 45.6 Å². The number of thiophene rings is 1. The summed E-state index contributed by atoms with van der Waals surface area (Å²) < 4.78 is 12.2. The van der Waals surface area contributed by atoms with E-state index in [1.165, 1.54) is 0 Å². The zero-order chi connectivity index (χ0) is 22.5.